The standard InChI is InChI=1S/C20H21N3O4/c1-14-21-16-12-15(5-6-17(16)27-14)13-19(24)22-7-3-8-23(10-9-22)20(25)18-4-2-11-26-18/h2,4-6,11-12H,3,7-10,13H2,1H3. The molecule has 0 saturated carbocycles. The number of benzene rings is 1. The van der Waals surface area contributed by atoms with Crippen molar-refractivity contribution in [3.63, 3.8) is 0 Å². The van der Waals surface area contributed by atoms with E-state index in [4.69, 9.17) is 8.83 Å². The van der Waals surface area contributed by atoms with Crippen LogP contribution >= 0.6 is 0 Å². The number of furan rings is 1. The zero-order valence-electron chi connectivity index (χ0n) is 15.2. The maximum Gasteiger partial charge on any atom is 0.289 e. The number of nitrogens with zero attached hydrogens (tertiary/aromatic N) is 3. The summed E-state index contributed by atoms with van der Waals surface area (Å²) in [5, 5.41) is 0. The van der Waals surface area contributed by atoms with E-state index < -0.39 is 0 Å². The lowest BCUT2D eigenvalue weighted by molar-refractivity contribution is -0.130. The van der Waals surface area contributed by atoms with E-state index in [9.17, 15) is 9.59 Å². The zero-order chi connectivity index (χ0) is 18.8. The summed E-state index contributed by atoms with van der Waals surface area (Å²) in [6.45, 7) is 4.10. The Bertz CT molecular complexity index is 961. The molecule has 2 amide bonds. The van der Waals surface area contributed by atoms with Gasteiger partial charge in [-0.05, 0) is 36.2 Å². The molecule has 1 saturated heterocycles. The normalized spacial score (nSPS) is 15.1. The highest BCUT2D eigenvalue weighted by atomic mass is 16.3. The molecule has 27 heavy (non-hydrogen) atoms. The second kappa shape index (κ2) is 7.26. The molecule has 1 aliphatic heterocycles. The SMILES string of the molecule is Cc1nc2cc(CC(=O)N3CCCN(C(=O)c4ccco4)CC3)ccc2o1. The minimum absolute atomic E-state index is 0.0573. The van der Waals surface area contributed by atoms with Crippen molar-refractivity contribution in [3.8, 4) is 0 Å². The quantitative estimate of drug-likeness (QED) is 0.711. The molecule has 140 valence electrons. The highest BCUT2D eigenvalue weighted by Gasteiger charge is 2.24. The van der Waals surface area contributed by atoms with E-state index in [0.717, 1.165) is 23.1 Å². The maximum atomic E-state index is 12.7. The summed E-state index contributed by atoms with van der Waals surface area (Å²) in [7, 11) is 0. The lowest BCUT2D eigenvalue weighted by Gasteiger charge is -2.21. The van der Waals surface area contributed by atoms with E-state index in [1.165, 1.54) is 6.26 Å². The number of carbonyl (C=O) groups excluding carboxylic acids is 2. The number of carbonyl (C=O) groups is 2. The van der Waals surface area contributed by atoms with Gasteiger partial charge in [-0.25, -0.2) is 4.98 Å². The Morgan fingerprint density at radius 1 is 1.11 bits per heavy atom. The molecule has 0 bridgehead atoms. The Kier molecular flexibility index (Phi) is 4.66. The molecule has 0 radical (unpaired) electrons. The largest absolute Gasteiger partial charge is 0.459 e. The molecular formula is C20H21N3O4. The van der Waals surface area contributed by atoms with Crippen LogP contribution in [0, 0.1) is 6.92 Å². The fraction of sp³-hybridized carbons (Fsp3) is 0.350. The van der Waals surface area contributed by atoms with Gasteiger partial charge in [0.1, 0.15) is 5.52 Å². The van der Waals surface area contributed by atoms with Gasteiger partial charge >= 0.3 is 0 Å². The minimum Gasteiger partial charge on any atom is -0.459 e. The van der Waals surface area contributed by atoms with E-state index in [2.05, 4.69) is 4.98 Å². The van der Waals surface area contributed by atoms with E-state index in [1.807, 2.05) is 23.1 Å². The van der Waals surface area contributed by atoms with Gasteiger partial charge in [0.15, 0.2) is 17.2 Å². The number of hydrogen-bond donors (Lipinski definition) is 0. The molecule has 4 rings (SSSR count). The van der Waals surface area contributed by atoms with Crippen molar-refractivity contribution < 1.29 is 18.4 Å². The van der Waals surface area contributed by atoms with Crippen LogP contribution in [0.25, 0.3) is 11.1 Å². The topological polar surface area (TPSA) is 79.8 Å². The lowest BCUT2D eigenvalue weighted by atomic mass is 10.1. The Balaban J connectivity index is 1.39. The number of amides is 2. The van der Waals surface area contributed by atoms with Crippen molar-refractivity contribution >= 4 is 22.9 Å². The van der Waals surface area contributed by atoms with Gasteiger partial charge < -0.3 is 18.6 Å². The third-order valence-electron chi connectivity index (χ3n) is 4.78. The van der Waals surface area contributed by atoms with Crippen LogP contribution in [0.5, 0.6) is 0 Å². The molecule has 1 aliphatic rings. The number of aryl methyl sites for hydroxylation is 1. The van der Waals surface area contributed by atoms with Crippen LogP contribution < -0.4 is 0 Å². The Morgan fingerprint density at radius 2 is 1.93 bits per heavy atom. The van der Waals surface area contributed by atoms with E-state index >= 15 is 0 Å². The maximum absolute atomic E-state index is 12.7. The number of rotatable bonds is 3. The molecule has 1 fully saturated rings. The average molecular weight is 367 g/mol. The first-order valence-electron chi connectivity index (χ1n) is 9.07. The molecule has 0 atom stereocenters. The van der Waals surface area contributed by atoms with Gasteiger partial charge in [-0.1, -0.05) is 6.07 Å². The second-order valence-corrected chi connectivity index (χ2v) is 6.72. The molecule has 0 N–H and O–H groups in total. The predicted octanol–water partition coefficient (Wildman–Crippen LogP) is 2.65. The van der Waals surface area contributed by atoms with Crippen LogP contribution in [0.4, 0.5) is 0 Å². The Hall–Kier alpha value is -3.09. The lowest BCUT2D eigenvalue weighted by Crippen LogP contribution is -2.37. The average Bonchev–Trinajstić information content (AvgIpc) is 3.23. The number of hydrogen-bond acceptors (Lipinski definition) is 5. The fourth-order valence-corrected chi connectivity index (χ4v) is 3.41. The molecule has 7 heteroatoms. The van der Waals surface area contributed by atoms with Crippen molar-refractivity contribution in [1.82, 2.24) is 14.8 Å². The molecule has 0 spiro atoms. The molecule has 0 unspecified atom stereocenters. The van der Waals surface area contributed by atoms with E-state index in [0.29, 0.717) is 44.3 Å². The van der Waals surface area contributed by atoms with Crippen LogP contribution in [-0.2, 0) is 11.2 Å². The molecule has 3 heterocycles. The summed E-state index contributed by atoms with van der Waals surface area (Å²) in [4.78, 5) is 33.0. The smallest absolute Gasteiger partial charge is 0.289 e. The first-order chi connectivity index (χ1) is 13.1. The number of fused-ring (bicyclic) bond motifs is 1. The molecule has 7 nitrogen and oxygen atoms in total. The van der Waals surface area contributed by atoms with E-state index in [-0.39, 0.29) is 11.8 Å². The highest BCUT2D eigenvalue weighted by Crippen LogP contribution is 2.18. The summed E-state index contributed by atoms with van der Waals surface area (Å²) in [5.41, 5.74) is 2.41. The first kappa shape index (κ1) is 17.3. The summed E-state index contributed by atoms with van der Waals surface area (Å²) in [6.07, 6.45) is 2.56. The monoisotopic (exact) mass is 367 g/mol. The van der Waals surface area contributed by atoms with Crippen molar-refractivity contribution in [3.05, 3.63) is 53.8 Å². The van der Waals surface area contributed by atoms with Crippen LogP contribution in [0.1, 0.15) is 28.4 Å². The Morgan fingerprint density at radius 3 is 2.74 bits per heavy atom. The van der Waals surface area contributed by atoms with Crippen molar-refractivity contribution in [1.29, 1.82) is 0 Å². The predicted molar refractivity (Wildman–Crippen MR) is 98.3 cm³/mol. The molecule has 2 aromatic heterocycles. The van der Waals surface area contributed by atoms with Gasteiger partial charge in [0.2, 0.25) is 5.91 Å². The van der Waals surface area contributed by atoms with Gasteiger partial charge in [0.05, 0.1) is 12.7 Å². The molecule has 1 aromatic carbocycles. The van der Waals surface area contributed by atoms with Gasteiger partial charge in [0.25, 0.3) is 5.91 Å². The third-order valence-corrected chi connectivity index (χ3v) is 4.78. The molecule has 0 aliphatic carbocycles. The Labute approximate surface area is 156 Å². The highest BCUT2D eigenvalue weighted by molar-refractivity contribution is 5.91. The van der Waals surface area contributed by atoms with Gasteiger partial charge in [-0.15, -0.1) is 0 Å². The third kappa shape index (κ3) is 3.72. The number of oxazole rings is 1. The number of aromatic nitrogens is 1. The van der Waals surface area contributed by atoms with Crippen molar-refractivity contribution in [2.45, 2.75) is 19.8 Å². The second-order valence-electron chi connectivity index (χ2n) is 6.72. The van der Waals surface area contributed by atoms with Crippen LogP contribution in [-0.4, -0.2) is 52.8 Å². The molecule has 3 aromatic rings. The first-order valence-corrected chi connectivity index (χ1v) is 9.07. The van der Waals surface area contributed by atoms with Gasteiger partial charge in [-0.3, -0.25) is 9.59 Å². The van der Waals surface area contributed by atoms with Crippen LogP contribution in [0.15, 0.2) is 45.4 Å². The van der Waals surface area contributed by atoms with Crippen molar-refractivity contribution in [2.75, 3.05) is 26.2 Å². The van der Waals surface area contributed by atoms with Crippen molar-refractivity contribution in [2.24, 2.45) is 0 Å². The van der Waals surface area contributed by atoms with Gasteiger partial charge in [0, 0.05) is 33.1 Å². The minimum atomic E-state index is -0.124. The fourth-order valence-electron chi connectivity index (χ4n) is 3.41. The summed E-state index contributed by atoms with van der Waals surface area (Å²) in [6, 6.07) is 9.01. The van der Waals surface area contributed by atoms with Gasteiger partial charge in [-0.2, -0.15) is 0 Å². The van der Waals surface area contributed by atoms with E-state index in [1.54, 1.807) is 24.0 Å². The van der Waals surface area contributed by atoms with Crippen LogP contribution in [0.2, 0.25) is 0 Å². The summed E-state index contributed by atoms with van der Waals surface area (Å²) in [5.74, 6) is 0.885. The zero-order valence-corrected chi connectivity index (χ0v) is 15.2. The summed E-state index contributed by atoms with van der Waals surface area (Å²) >= 11 is 0. The molecular weight excluding hydrogens is 346 g/mol. The summed E-state index contributed by atoms with van der Waals surface area (Å²) < 4.78 is 10.7. The van der Waals surface area contributed by atoms with Crippen LogP contribution in [0.3, 0.4) is 0 Å².